The molecule has 0 bridgehead atoms. The summed E-state index contributed by atoms with van der Waals surface area (Å²) in [7, 11) is 2.02. The van der Waals surface area contributed by atoms with E-state index in [1.807, 2.05) is 25.5 Å². The Labute approximate surface area is 216 Å². The van der Waals surface area contributed by atoms with Crippen LogP contribution in [0.15, 0.2) is 24.5 Å². The summed E-state index contributed by atoms with van der Waals surface area (Å²) in [6.45, 7) is 1.43. The van der Waals surface area contributed by atoms with Gasteiger partial charge in [-0.2, -0.15) is 9.97 Å². The molecule has 0 amide bonds. The molecule has 2 aliphatic carbocycles. The van der Waals surface area contributed by atoms with Crippen molar-refractivity contribution >= 4 is 51.8 Å². The van der Waals surface area contributed by atoms with E-state index in [2.05, 4.69) is 20.1 Å². The highest BCUT2D eigenvalue weighted by atomic mass is 35.5. The minimum Gasteiger partial charge on any atom is -0.373 e. The number of hydrogen-bond donors (Lipinski definition) is 3. The number of hydrogen-bond acceptors (Lipinski definition) is 7. The van der Waals surface area contributed by atoms with E-state index in [4.69, 9.17) is 43.9 Å². The number of nitrogens with one attached hydrogen (secondary N) is 2. The summed E-state index contributed by atoms with van der Waals surface area (Å²) in [4.78, 5) is 16.6. The average Bonchev–Trinajstić information content (AvgIpc) is 3.50. The molecule has 4 N–H and O–H groups in total. The van der Waals surface area contributed by atoms with Gasteiger partial charge in [-0.1, -0.05) is 36.0 Å². The van der Waals surface area contributed by atoms with E-state index in [0.717, 1.165) is 54.9 Å². The predicted molar refractivity (Wildman–Crippen MR) is 145 cm³/mol. The van der Waals surface area contributed by atoms with Gasteiger partial charge in [0, 0.05) is 54.0 Å². The Bertz CT molecular complexity index is 1130. The second-order valence-electron chi connectivity index (χ2n) is 9.89. The van der Waals surface area contributed by atoms with Crippen molar-refractivity contribution in [2.75, 3.05) is 35.7 Å². The van der Waals surface area contributed by atoms with Crippen LogP contribution in [0.5, 0.6) is 0 Å². The lowest BCUT2D eigenvalue weighted by Gasteiger charge is -2.27. The zero-order valence-electron chi connectivity index (χ0n) is 20.2. The lowest BCUT2D eigenvalue weighted by atomic mass is 9.92. The monoisotopic (exact) mass is 516 g/mol. The fourth-order valence-corrected chi connectivity index (χ4v) is 5.75. The Morgan fingerprint density at radius 2 is 1.74 bits per heavy atom. The van der Waals surface area contributed by atoms with Crippen LogP contribution in [-0.4, -0.2) is 51.7 Å². The summed E-state index contributed by atoms with van der Waals surface area (Å²) in [6, 6.07) is 6.69. The van der Waals surface area contributed by atoms with E-state index in [1.165, 1.54) is 25.7 Å². The number of aromatic nitrogens is 4. The van der Waals surface area contributed by atoms with Gasteiger partial charge in [-0.25, -0.2) is 4.98 Å². The summed E-state index contributed by atoms with van der Waals surface area (Å²) >= 11 is 12.4. The van der Waals surface area contributed by atoms with Crippen LogP contribution in [-0.2, 0) is 0 Å². The zero-order valence-corrected chi connectivity index (χ0v) is 21.7. The molecule has 3 aromatic rings. The maximum Gasteiger partial charge on any atom is 0.227 e. The third kappa shape index (κ3) is 5.76. The van der Waals surface area contributed by atoms with E-state index >= 15 is 0 Å². The molecule has 10 heteroatoms. The quantitative estimate of drug-likeness (QED) is 0.364. The first kappa shape index (κ1) is 24.4. The van der Waals surface area contributed by atoms with Crippen molar-refractivity contribution in [2.45, 2.75) is 69.5 Å². The second kappa shape index (κ2) is 10.8. The Kier molecular flexibility index (Phi) is 7.51. The molecule has 188 valence electrons. The Morgan fingerprint density at radius 1 is 1.03 bits per heavy atom. The predicted octanol–water partition coefficient (Wildman–Crippen LogP) is 5.48. The second-order valence-corrected chi connectivity index (χ2v) is 10.8. The molecule has 0 atom stereocenters. The number of anilines is 3. The fourth-order valence-electron chi connectivity index (χ4n) is 5.23. The highest BCUT2D eigenvalue weighted by Crippen LogP contribution is 2.33. The van der Waals surface area contributed by atoms with E-state index < -0.39 is 0 Å². The Morgan fingerprint density at radius 3 is 2.46 bits per heavy atom. The minimum atomic E-state index is 0.309. The Balaban J connectivity index is 1.35. The standard InChI is InChI=1S/C25H34Cl2N8/c1-34(21-13-16(26)12-17(27)14-21)11-10-29-23-22-24(35(15-30-22)20-4-2-3-5-20)33-25(32-23)31-19-8-6-18(28)7-9-19/h12-15,18-20H,2-11,28H2,1H3,(H2,29,31,32,33). The number of imidazole rings is 1. The molecule has 0 radical (unpaired) electrons. The largest absolute Gasteiger partial charge is 0.373 e. The van der Waals surface area contributed by atoms with Crippen molar-refractivity contribution < 1.29 is 0 Å². The lowest BCUT2D eigenvalue weighted by molar-refractivity contribution is 0.410. The third-order valence-corrected chi connectivity index (χ3v) is 7.71. The van der Waals surface area contributed by atoms with Crippen LogP contribution in [0.1, 0.15) is 57.4 Å². The fraction of sp³-hybridized carbons (Fsp3) is 0.560. The summed E-state index contributed by atoms with van der Waals surface area (Å²) < 4.78 is 2.25. The van der Waals surface area contributed by atoms with Crippen LogP contribution in [0.4, 0.5) is 17.5 Å². The number of benzene rings is 1. The maximum atomic E-state index is 6.18. The van der Waals surface area contributed by atoms with Crippen molar-refractivity contribution in [1.82, 2.24) is 19.5 Å². The van der Waals surface area contributed by atoms with Crippen molar-refractivity contribution in [3.05, 3.63) is 34.6 Å². The molecule has 0 saturated heterocycles. The first-order valence-corrected chi connectivity index (χ1v) is 13.4. The van der Waals surface area contributed by atoms with Crippen molar-refractivity contribution in [1.29, 1.82) is 0 Å². The van der Waals surface area contributed by atoms with Gasteiger partial charge >= 0.3 is 0 Å². The van der Waals surface area contributed by atoms with Crippen molar-refractivity contribution in [3.8, 4) is 0 Å². The normalized spacial score (nSPS) is 20.9. The molecular formula is C25H34Cl2N8. The summed E-state index contributed by atoms with van der Waals surface area (Å²) in [5, 5.41) is 8.35. The summed E-state index contributed by atoms with van der Waals surface area (Å²) in [6.07, 6.45) is 10.9. The molecule has 5 rings (SSSR count). The molecule has 2 aliphatic rings. The molecule has 2 heterocycles. The molecular weight excluding hydrogens is 483 g/mol. The SMILES string of the molecule is CN(CCNc1nc(NC2CCC(N)CC2)nc2c1ncn2C1CCCC1)c1cc(Cl)cc(Cl)c1. The Hall–Kier alpha value is -2.29. The number of halogens is 2. The molecule has 0 spiro atoms. The molecule has 0 unspecified atom stereocenters. The molecule has 1 aromatic carbocycles. The molecule has 2 fully saturated rings. The number of fused-ring (bicyclic) bond motifs is 1. The van der Waals surface area contributed by atoms with Crippen LogP contribution >= 0.6 is 23.2 Å². The highest BCUT2D eigenvalue weighted by Gasteiger charge is 2.24. The first-order valence-electron chi connectivity index (χ1n) is 12.6. The van der Waals surface area contributed by atoms with Gasteiger partial charge in [0.25, 0.3) is 0 Å². The molecule has 0 aliphatic heterocycles. The smallest absolute Gasteiger partial charge is 0.227 e. The minimum absolute atomic E-state index is 0.309. The van der Waals surface area contributed by atoms with Crippen molar-refractivity contribution in [2.24, 2.45) is 5.73 Å². The maximum absolute atomic E-state index is 6.18. The van der Waals surface area contributed by atoms with Gasteiger partial charge in [-0.05, 0) is 56.7 Å². The van der Waals surface area contributed by atoms with E-state index in [0.29, 0.717) is 40.7 Å². The third-order valence-electron chi connectivity index (χ3n) is 7.27. The van der Waals surface area contributed by atoms with Gasteiger partial charge in [-0.3, -0.25) is 0 Å². The van der Waals surface area contributed by atoms with Gasteiger partial charge in [0.05, 0.1) is 6.33 Å². The number of likely N-dealkylation sites (N-methyl/N-ethyl adjacent to an activating group) is 1. The summed E-state index contributed by atoms with van der Waals surface area (Å²) in [5.74, 6) is 1.43. The average molecular weight is 518 g/mol. The van der Waals surface area contributed by atoms with Crippen LogP contribution in [0.3, 0.4) is 0 Å². The zero-order chi connectivity index (χ0) is 24.4. The van der Waals surface area contributed by atoms with Gasteiger partial charge < -0.3 is 25.8 Å². The lowest BCUT2D eigenvalue weighted by Crippen LogP contribution is -2.33. The first-order chi connectivity index (χ1) is 17.0. The molecule has 2 saturated carbocycles. The van der Waals surface area contributed by atoms with Gasteiger partial charge in [0.15, 0.2) is 17.0 Å². The summed E-state index contributed by atoms with van der Waals surface area (Å²) in [5.41, 5.74) is 8.80. The van der Waals surface area contributed by atoms with Crippen LogP contribution in [0, 0.1) is 0 Å². The van der Waals surface area contributed by atoms with Crippen LogP contribution in [0.2, 0.25) is 10.0 Å². The van der Waals surface area contributed by atoms with E-state index in [-0.39, 0.29) is 0 Å². The van der Waals surface area contributed by atoms with Gasteiger partial charge in [0.1, 0.15) is 0 Å². The highest BCUT2D eigenvalue weighted by molar-refractivity contribution is 6.35. The molecule has 2 aromatic heterocycles. The van der Waals surface area contributed by atoms with Crippen molar-refractivity contribution in [3.63, 3.8) is 0 Å². The van der Waals surface area contributed by atoms with Crippen LogP contribution < -0.4 is 21.3 Å². The van der Waals surface area contributed by atoms with E-state index in [9.17, 15) is 0 Å². The number of rotatable bonds is 8. The molecule has 35 heavy (non-hydrogen) atoms. The number of nitrogens with two attached hydrogens (primary N) is 1. The van der Waals surface area contributed by atoms with Crippen LogP contribution in [0.25, 0.3) is 11.2 Å². The topological polar surface area (TPSA) is 96.9 Å². The van der Waals surface area contributed by atoms with E-state index in [1.54, 1.807) is 6.07 Å². The number of nitrogens with zero attached hydrogens (tertiary/aromatic N) is 5. The van der Waals surface area contributed by atoms with Gasteiger partial charge in [0.2, 0.25) is 5.95 Å². The van der Waals surface area contributed by atoms with Gasteiger partial charge in [-0.15, -0.1) is 0 Å². The molecule has 8 nitrogen and oxygen atoms in total.